The van der Waals surface area contributed by atoms with Crippen molar-refractivity contribution >= 4 is 18.1 Å². The summed E-state index contributed by atoms with van der Waals surface area (Å²) in [4.78, 5) is 13.8. The van der Waals surface area contributed by atoms with Crippen LogP contribution in [-0.2, 0) is 24.2 Å². The summed E-state index contributed by atoms with van der Waals surface area (Å²) >= 11 is 5.35. The van der Waals surface area contributed by atoms with Crippen molar-refractivity contribution in [3.8, 4) is 0 Å². The van der Waals surface area contributed by atoms with Gasteiger partial charge in [0.25, 0.3) is 0 Å². The maximum Gasteiger partial charge on any atom is 0.231 e. The van der Waals surface area contributed by atoms with Crippen LogP contribution in [0.5, 0.6) is 0 Å². The molecule has 0 spiro atoms. The van der Waals surface area contributed by atoms with Crippen molar-refractivity contribution in [3.63, 3.8) is 0 Å². The third kappa shape index (κ3) is 3.39. The Bertz CT molecular complexity index is 830. The van der Waals surface area contributed by atoms with Crippen molar-refractivity contribution in [2.75, 3.05) is 6.54 Å². The highest BCUT2D eigenvalue weighted by atomic mass is 32.1. The molecule has 1 aromatic carbocycles. The summed E-state index contributed by atoms with van der Waals surface area (Å²) in [5.41, 5.74) is 7.27. The number of hydrogen-bond acceptors (Lipinski definition) is 3. The van der Waals surface area contributed by atoms with E-state index in [1.165, 1.54) is 6.07 Å². The number of nitrogens with zero attached hydrogens (tertiary/aromatic N) is 1. The lowest BCUT2D eigenvalue weighted by Gasteiger charge is -2.27. The molecule has 0 unspecified atom stereocenters. The van der Waals surface area contributed by atoms with Gasteiger partial charge in [0.05, 0.1) is 12.2 Å². The summed E-state index contributed by atoms with van der Waals surface area (Å²) < 4.78 is 29.9. The van der Waals surface area contributed by atoms with Gasteiger partial charge >= 0.3 is 0 Å². The van der Waals surface area contributed by atoms with E-state index in [2.05, 4.69) is 10.3 Å². The lowest BCUT2D eigenvalue weighted by molar-refractivity contribution is -0.117. The molecule has 1 aliphatic carbocycles. The molecule has 0 saturated heterocycles. The van der Waals surface area contributed by atoms with E-state index in [9.17, 15) is 13.6 Å². The predicted octanol–water partition coefficient (Wildman–Crippen LogP) is 2.13. The largest absolute Gasteiger partial charge is 0.369 e. The van der Waals surface area contributed by atoms with Gasteiger partial charge in [-0.05, 0) is 48.7 Å². The van der Waals surface area contributed by atoms with Gasteiger partial charge in [-0.15, -0.1) is 0 Å². The van der Waals surface area contributed by atoms with E-state index in [4.69, 9.17) is 18.0 Å². The van der Waals surface area contributed by atoms with E-state index in [0.29, 0.717) is 41.7 Å². The quantitative estimate of drug-likeness (QED) is 0.722. The van der Waals surface area contributed by atoms with Crippen molar-refractivity contribution in [2.45, 2.75) is 31.8 Å². The number of primary amides is 1. The number of nitrogens with one attached hydrogen (secondary N) is 2. The molecule has 1 atom stereocenters. The molecular weight excluding hydrogens is 334 g/mol. The van der Waals surface area contributed by atoms with Crippen LogP contribution in [0.25, 0.3) is 0 Å². The first-order valence-corrected chi connectivity index (χ1v) is 8.11. The number of aromatic amines is 1. The lowest BCUT2D eigenvalue weighted by Crippen LogP contribution is -2.29. The molecule has 24 heavy (non-hydrogen) atoms. The zero-order valence-electron chi connectivity index (χ0n) is 12.9. The number of H-pyrrole nitrogens is 1. The average Bonchev–Trinajstić information content (AvgIpc) is 2.87. The number of carbonyl (C=O) groups is 1. The van der Waals surface area contributed by atoms with Crippen molar-refractivity contribution in [1.29, 1.82) is 0 Å². The third-order valence-electron chi connectivity index (χ3n) is 4.30. The van der Waals surface area contributed by atoms with Gasteiger partial charge in [0.15, 0.2) is 4.77 Å². The summed E-state index contributed by atoms with van der Waals surface area (Å²) in [7, 11) is 0. The number of rotatable bonds is 5. The van der Waals surface area contributed by atoms with E-state index < -0.39 is 17.5 Å². The number of halogens is 2. The average molecular weight is 352 g/mol. The van der Waals surface area contributed by atoms with Gasteiger partial charge in [-0.1, -0.05) is 0 Å². The van der Waals surface area contributed by atoms with Crippen molar-refractivity contribution in [1.82, 2.24) is 14.9 Å². The molecule has 3 rings (SSSR count). The van der Waals surface area contributed by atoms with Gasteiger partial charge < -0.3 is 20.6 Å². The van der Waals surface area contributed by atoms with E-state index >= 15 is 0 Å². The summed E-state index contributed by atoms with van der Waals surface area (Å²) in [6.07, 6.45) is 3.54. The van der Waals surface area contributed by atoms with Crippen LogP contribution in [0.3, 0.4) is 0 Å². The fourth-order valence-corrected chi connectivity index (χ4v) is 3.60. The smallest absolute Gasteiger partial charge is 0.231 e. The molecule has 0 bridgehead atoms. The van der Waals surface area contributed by atoms with Gasteiger partial charge in [0.2, 0.25) is 5.91 Å². The van der Waals surface area contributed by atoms with E-state index in [1.54, 1.807) is 6.20 Å². The summed E-state index contributed by atoms with van der Waals surface area (Å²) in [6, 6.07) is 2.34. The Balaban J connectivity index is 1.84. The molecule has 0 radical (unpaired) electrons. The molecule has 5 nitrogen and oxygen atoms in total. The van der Waals surface area contributed by atoms with Crippen LogP contribution in [0.15, 0.2) is 18.3 Å². The van der Waals surface area contributed by atoms with Crippen LogP contribution in [0.2, 0.25) is 0 Å². The number of aromatic nitrogens is 2. The minimum Gasteiger partial charge on any atom is -0.369 e. The maximum atomic E-state index is 13.9. The van der Waals surface area contributed by atoms with E-state index in [0.717, 1.165) is 11.8 Å². The molecule has 1 aromatic heterocycles. The highest BCUT2D eigenvalue weighted by molar-refractivity contribution is 7.71. The highest BCUT2D eigenvalue weighted by Gasteiger charge is 2.25. The molecule has 0 saturated carbocycles. The van der Waals surface area contributed by atoms with Gasteiger partial charge in [0, 0.05) is 24.8 Å². The summed E-state index contributed by atoms with van der Waals surface area (Å²) in [6.45, 7) is 0.499. The topological polar surface area (TPSA) is 75.8 Å². The Labute approximate surface area is 142 Å². The standard InChI is InChI=1S/C16H18F2N4OS/c17-10-3-9-4-11(1-2-13(9)14(18)5-10)22-12(7-21-16(22)24)6-20-8-15(19)23/h3,5,7,11,20H,1-2,4,6,8H2,(H2,19,23)(H,21,24)/t11-/m0/s1. The zero-order valence-corrected chi connectivity index (χ0v) is 13.8. The molecule has 4 N–H and O–H groups in total. The van der Waals surface area contributed by atoms with Crippen molar-refractivity contribution in [2.24, 2.45) is 5.73 Å². The summed E-state index contributed by atoms with van der Waals surface area (Å²) in [5.74, 6) is -1.48. The number of imidazole rings is 1. The zero-order chi connectivity index (χ0) is 17.3. The van der Waals surface area contributed by atoms with E-state index in [-0.39, 0.29) is 12.6 Å². The molecule has 8 heteroatoms. The Morgan fingerprint density at radius 2 is 2.25 bits per heavy atom. The Morgan fingerprint density at radius 3 is 3.00 bits per heavy atom. The molecule has 2 aromatic rings. The van der Waals surface area contributed by atoms with Gasteiger partial charge in [-0.3, -0.25) is 4.79 Å². The van der Waals surface area contributed by atoms with Crippen molar-refractivity contribution in [3.05, 3.63) is 51.6 Å². The number of amides is 1. The first kappa shape index (κ1) is 16.8. The fourth-order valence-electron chi connectivity index (χ4n) is 3.27. The molecule has 1 heterocycles. The van der Waals surface area contributed by atoms with Crippen LogP contribution in [-0.4, -0.2) is 22.0 Å². The highest BCUT2D eigenvalue weighted by Crippen LogP contribution is 2.32. The van der Waals surface area contributed by atoms with Crippen LogP contribution >= 0.6 is 12.2 Å². The minimum atomic E-state index is -0.562. The SMILES string of the molecule is NC(=O)CNCc1c[nH]c(=S)n1[C@H]1CCc2c(F)cc(F)cc2C1. The summed E-state index contributed by atoms with van der Waals surface area (Å²) in [5, 5.41) is 2.95. The first-order chi connectivity index (χ1) is 11.5. The second-order valence-corrected chi connectivity index (χ2v) is 6.33. The fraction of sp³-hybridized carbons (Fsp3) is 0.375. The minimum absolute atomic E-state index is 0.0165. The maximum absolute atomic E-state index is 13.9. The number of hydrogen-bond donors (Lipinski definition) is 3. The monoisotopic (exact) mass is 352 g/mol. The number of nitrogens with two attached hydrogens (primary N) is 1. The Morgan fingerprint density at radius 1 is 1.46 bits per heavy atom. The molecule has 128 valence electrons. The molecule has 1 amide bonds. The Hall–Kier alpha value is -2.06. The van der Waals surface area contributed by atoms with Gasteiger partial charge in [-0.2, -0.15) is 0 Å². The normalized spacial score (nSPS) is 16.8. The number of benzene rings is 1. The van der Waals surface area contributed by atoms with Crippen LogP contribution in [0.1, 0.15) is 29.3 Å². The second kappa shape index (κ2) is 6.82. The van der Waals surface area contributed by atoms with Crippen LogP contribution in [0, 0.1) is 16.4 Å². The van der Waals surface area contributed by atoms with Gasteiger partial charge in [0.1, 0.15) is 11.6 Å². The molecule has 1 aliphatic rings. The van der Waals surface area contributed by atoms with Gasteiger partial charge in [-0.25, -0.2) is 8.78 Å². The molecule has 0 aliphatic heterocycles. The first-order valence-electron chi connectivity index (χ1n) is 7.70. The second-order valence-electron chi connectivity index (χ2n) is 5.95. The third-order valence-corrected chi connectivity index (χ3v) is 4.61. The van der Waals surface area contributed by atoms with E-state index in [1.807, 2.05) is 4.57 Å². The number of fused-ring (bicyclic) bond motifs is 1. The van der Waals surface area contributed by atoms with Crippen LogP contribution in [0.4, 0.5) is 8.78 Å². The molecule has 0 fully saturated rings. The number of carbonyl (C=O) groups excluding carboxylic acids is 1. The lowest BCUT2D eigenvalue weighted by atomic mass is 9.87. The Kier molecular flexibility index (Phi) is 4.77. The predicted molar refractivity (Wildman–Crippen MR) is 87.9 cm³/mol. The van der Waals surface area contributed by atoms with Crippen molar-refractivity contribution < 1.29 is 13.6 Å². The van der Waals surface area contributed by atoms with Crippen LogP contribution < -0.4 is 11.1 Å². The molecular formula is C16H18F2N4OS.